The average Bonchev–Trinajstić information content (AvgIpc) is 3.14. The quantitative estimate of drug-likeness (QED) is 0.378. The maximum atomic E-state index is 5.58. The molecule has 0 aromatic heterocycles. The molecule has 3 aromatic rings. The second-order valence-corrected chi connectivity index (χ2v) is 7.57. The van der Waals surface area contributed by atoms with Crippen LogP contribution in [0.5, 0.6) is 0 Å². The first-order valence-electron chi connectivity index (χ1n) is 9.03. The van der Waals surface area contributed by atoms with Gasteiger partial charge in [-0.15, -0.1) is 0 Å². The molecule has 1 aliphatic rings. The molecule has 3 nitrogen and oxygen atoms in total. The second-order valence-electron chi connectivity index (χ2n) is 6.72. The molecule has 0 radical (unpaired) electrons. The fraction of sp³-hybridized carbons (Fsp3) is 0.174. The minimum absolute atomic E-state index is 0.444. The van der Waals surface area contributed by atoms with Gasteiger partial charge in [-0.1, -0.05) is 75.7 Å². The molecule has 0 aliphatic carbocycles. The van der Waals surface area contributed by atoms with E-state index in [0.717, 1.165) is 34.4 Å². The number of anilines is 1. The Kier molecular flexibility index (Phi) is 5.26. The molecular weight excluding hydrogens is 400 g/mol. The Morgan fingerprint density at radius 1 is 0.963 bits per heavy atom. The van der Waals surface area contributed by atoms with Crippen LogP contribution in [0.15, 0.2) is 82.4 Å². The molecule has 1 heterocycles. The predicted molar refractivity (Wildman–Crippen MR) is 114 cm³/mol. The highest BCUT2D eigenvalue weighted by atomic mass is 79.9. The monoisotopic (exact) mass is 420 g/mol. The van der Waals surface area contributed by atoms with E-state index in [1.54, 1.807) is 0 Å². The van der Waals surface area contributed by atoms with E-state index in [0.29, 0.717) is 6.61 Å². The first kappa shape index (κ1) is 17.8. The minimum atomic E-state index is 0.444. The van der Waals surface area contributed by atoms with Gasteiger partial charge >= 0.3 is 0 Å². The van der Waals surface area contributed by atoms with E-state index in [1.165, 1.54) is 16.8 Å². The Morgan fingerprint density at radius 2 is 1.67 bits per heavy atom. The zero-order valence-electron chi connectivity index (χ0n) is 15.2. The van der Waals surface area contributed by atoms with Gasteiger partial charge in [-0.3, -0.25) is 0 Å². The number of fused-ring (bicyclic) bond motifs is 1. The van der Waals surface area contributed by atoms with Crippen LogP contribution in [0.25, 0.3) is 0 Å². The van der Waals surface area contributed by atoms with Crippen LogP contribution in [0, 0.1) is 0 Å². The van der Waals surface area contributed by atoms with Gasteiger partial charge in [0.2, 0.25) is 0 Å². The molecule has 0 N–H and O–H groups in total. The number of halogens is 1. The maximum absolute atomic E-state index is 5.58. The lowest BCUT2D eigenvalue weighted by molar-refractivity contribution is 0.130. The van der Waals surface area contributed by atoms with Crippen molar-refractivity contribution in [2.24, 2.45) is 5.16 Å². The van der Waals surface area contributed by atoms with Gasteiger partial charge in [0, 0.05) is 34.4 Å². The number of oxime groups is 1. The molecule has 4 heteroatoms. The van der Waals surface area contributed by atoms with E-state index in [9.17, 15) is 0 Å². The van der Waals surface area contributed by atoms with Gasteiger partial charge in [0.25, 0.3) is 0 Å². The number of hydrogen-bond donors (Lipinski definition) is 0. The van der Waals surface area contributed by atoms with Crippen LogP contribution in [-0.2, 0) is 24.5 Å². The standard InChI is InChI=1S/C23H21BrN2O/c1-17(25-27-16-21-9-4-5-12-23(21)24)18-10-6-11-22(13-18)26-14-19-7-2-3-8-20(19)15-26/h2-13H,14-16H2,1H3. The van der Waals surface area contributed by atoms with Crippen molar-refractivity contribution >= 4 is 27.3 Å². The van der Waals surface area contributed by atoms with Crippen molar-refractivity contribution in [3.63, 3.8) is 0 Å². The van der Waals surface area contributed by atoms with E-state index >= 15 is 0 Å². The molecule has 0 saturated heterocycles. The number of nitrogens with zero attached hydrogens (tertiary/aromatic N) is 2. The number of hydrogen-bond acceptors (Lipinski definition) is 3. The third kappa shape index (κ3) is 4.06. The summed E-state index contributed by atoms with van der Waals surface area (Å²) in [4.78, 5) is 7.97. The molecule has 0 amide bonds. The molecule has 136 valence electrons. The highest BCUT2D eigenvalue weighted by molar-refractivity contribution is 9.10. The van der Waals surface area contributed by atoms with Gasteiger partial charge in [-0.2, -0.15) is 0 Å². The molecule has 0 unspecified atom stereocenters. The first-order valence-corrected chi connectivity index (χ1v) is 9.82. The van der Waals surface area contributed by atoms with Crippen molar-refractivity contribution in [1.82, 2.24) is 0 Å². The summed E-state index contributed by atoms with van der Waals surface area (Å²) >= 11 is 3.53. The van der Waals surface area contributed by atoms with Crippen molar-refractivity contribution in [3.05, 3.63) is 99.5 Å². The van der Waals surface area contributed by atoms with E-state index in [-0.39, 0.29) is 0 Å². The largest absolute Gasteiger partial charge is 0.391 e. The Labute approximate surface area is 168 Å². The van der Waals surface area contributed by atoms with Gasteiger partial charge in [-0.25, -0.2) is 0 Å². The summed E-state index contributed by atoms with van der Waals surface area (Å²) < 4.78 is 1.04. The lowest BCUT2D eigenvalue weighted by Gasteiger charge is -2.18. The summed E-state index contributed by atoms with van der Waals surface area (Å²) in [5, 5.41) is 4.32. The zero-order valence-corrected chi connectivity index (χ0v) is 16.8. The molecule has 0 bridgehead atoms. The third-order valence-electron chi connectivity index (χ3n) is 4.85. The van der Waals surface area contributed by atoms with Crippen LogP contribution < -0.4 is 4.90 Å². The van der Waals surface area contributed by atoms with Crippen molar-refractivity contribution < 1.29 is 4.84 Å². The summed E-state index contributed by atoms with van der Waals surface area (Å²) in [5.74, 6) is 0. The van der Waals surface area contributed by atoms with Crippen LogP contribution in [0.2, 0.25) is 0 Å². The van der Waals surface area contributed by atoms with Gasteiger partial charge in [0.15, 0.2) is 0 Å². The summed E-state index contributed by atoms with van der Waals surface area (Å²) in [5.41, 5.74) is 7.06. The van der Waals surface area contributed by atoms with Crippen molar-refractivity contribution in [2.45, 2.75) is 26.6 Å². The van der Waals surface area contributed by atoms with Gasteiger partial charge in [-0.05, 0) is 36.2 Å². The molecule has 0 fully saturated rings. The average molecular weight is 421 g/mol. The molecule has 0 saturated carbocycles. The summed E-state index contributed by atoms with van der Waals surface area (Å²) in [6, 6.07) is 25.2. The van der Waals surface area contributed by atoms with E-state index in [1.807, 2.05) is 31.2 Å². The van der Waals surface area contributed by atoms with Crippen molar-refractivity contribution in [2.75, 3.05) is 4.90 Å². The Balaban J connectivity index is 1.45. The van der Waals surface area contributed by atoms with E-state index in [2.05, 4.69) is 74.5 Å². The number of rotatable bonds is 5. The van der Waals surface area contributed by atoms with Crippen LogP contribution in [0.3, 0.4) is 0 Å². The van der Waals surface area contributed by atoms with Crippen LogP contribution in [0.1, 0.15) is 29.2 Å². The summed E-state index contributed by atoms with van der Waals surface area (Å²) in [6.45, 7) is 4.33. The molecule has 0 spiro atoms. The lowest BCUT2D eigenvalue weighted by atomic mass is 10.1. The van der Waals surface area contributed by atoms with Gasteiger partial charge in [0.05, 0.1) is 5.71 Å². The first-order chi connectivity index (χ1) is 13.2. The fourth-order valence-corrected chi connectivity index (χ4v) is 3.71. The maximum Gasteiger partial charge on any atom is 0.143 e. The van der Waals surface area contributed by atoms with E-state index in [4.69, 9.17) is 4.84 Å². The highest BCUT2D eigenvalue weighted by Crippen LogP contribution is 2.28. The lowest BCUT2D eigenvalue weighted by Crippen LogP contribution is -2.14. The molecule has 1 aliphatic heterocycles. The van der Waals surface area contributed by atoms with Crippen LogP contribution in [-0.4, -0.2) is 5.71 Å². The molecule has 27 heavy (non-hydrogen) atoms. The fourth-order valence-electron chi connectivity index (χ4n) is 3.31. The Morgan fingerprint density at radius 3 is 2.41 bits per heavy atom. The second kappa shape index (κ2) is 7.97. The van der Waals surface area contributed by atoms with Crippen LogP contribution in [0.4, 0.5) is 5.69 Å². The SMILES string of the molecule is CC(=NOCc1ccccc1Br)c1cccc(N2Cc3ccccc3C2)c1. The molecule has 3 aromatic carbocycles. The van der Waals surface area contributed by atoms with Gasteiger partial charge < -0.3 is 9.74 Å². The summed E-state index contributed by atoms with van der Waals surface area (Å²) in [6.07, 6.45) is 0. The van der Waals surface area contributed by atoms with E-state index < -0.39 is 0 Å². The van der Waals surface area contributed by atoms with Gasteiger partial charge in [0.1, 0.15) is 6.61 Å². The molecular formula is C23H21BrN2O. The zero-order chi connectivity index (χ0) is 18.6. The molecule has 4 rings (SSSR count). The van der Waals surface area contributed by atoms with Crippen LogP contribution >= 0.6 is 15.9 Å². The normalized spacial score (nSPS) is 13.6. The van der Waals surface area contributed by atoms with Crippen molar-refractivity contribution in [1.29, 1.82) is 0 Å². The Hall–Kier alpha value is -2.59. The van der Waals surface area contributed by atoms with Crippen molar-refractivity contribution in [3.8, 4) is 0 Å². The third-order valence-corrected chi connectivity index (χ3v) is 5.62. The Bertz CT molecular complexity index is 958. The number of benzene rings is 3. The highest BCUT2D eigenvalue weighted by Gasteiger charge is 2.18. The smallest absolute Gasteiger partial charge is 0.143 e. The summed E-state index contributed by atoms with van der Waals surface area (Å²) in [7, 11) is 0. The molecule has 0 atom stereocenters. The predicted octanol–water partition coefficient (Wildman–Crippen LogP) is 5.91. The minimum Gasteiger partial charge on any atom is -0.391 e. The topological polar surface area (TPSA) is 24.8 Å².